The van der Waals surface area contributed by atoms with Crippen molar-refractivity contribution in [2.75, 3.05) is 6.54 Å². The number of hydrogen-bond donors (Lipinski definition) is 1. The van der Waals surface area contributed by atoms with Crippen LogP contribution in [0.3, 0.4) is 0 Å². The zero-order chi connectivity index (χ0) is 14.6. The lowest BCUT2D eigenvalue weighted by Gasteiger charge is -2.31. The third kappa shape index (κ3) is 3.75. The Morgan fingerprint density at radius 2 is 1.90 bits per heavy atom. The van der Waals surface area contributed by atoms with Crippen molar-refractivity contribution in [2.24, 2.45) is 5.92 Å². The van der Waals surface area contributed by atoms with Gasteiger partial charge < -0.3 is 5.32 Å². The highest BCUT2D eigenvalue weighted by molar-refractivity contribution is 5.28. The van der Waals surface area contributed by atoms with Crippen molar-refractivity contribution < 1.29 is 13.2 Å². The van der Waals surface area contributed by atoms with Crippen LogP contribution in [0.2, 0.25) is 0 Å². The van der Waals surface area contributed by atoms with Gasteiger partial charge in [-0.1, -0.05) is 38.3 Å². The largest absolute Gasteiger partial charge is 0.416 e. The van der Waals surface area contributed by atoms with Gasteiger partial charge in [0.05, 0.1) is 5.56 Å². The molecule has 1 fully saturated rings. The van der Waals surface area contributed by atoms with Crippen molar-refractivity contribution in [1.82, 2.24) is 5.32 Å². The fourth-order valence-corrected chi connectivity index (χ4v) is 3.15. The van der Waals surface area contributed by atoms with Crippen molar-refractivity contribution in [1.29, 1.82) is 0 Å². The molecule has 1 aliphatic rings. The van der Waals surface area contributed by atoms with Crippen LogP contribution in [0.5, 0.6) is 0 Å². The van der Waals surface area contributed by atoms with Crippen molar-refractivity contribution in [3.63, 3.8) is 0 Å². The van der Waals surface area contributed by atoms with E-state index < -0.39 is 11.7 Å². The highest BCUT2D eigenvalue weighted by atomic mass is 19.4. The summed E-state index contributed by atoms with van der Waals surface area (Å²) >= 11 is 0. The van der Waals surface area contributed by atoms with E-state index >= 15 is 0 Å². The normalized spacial score (nSPS) is 19.0. The molecule has 1 aromatic carbocycles. The van der Waals surface area contributed by atoms with Crippen LogP contribution in [0.4, 0.5) is 13.2 Å². The van der Waals surface area contributed by atoms with Gasteiger partial charge >= 0.3 is 6.18 Å². The molecule has 1 nitrogen and oxygen atoms in total. The molecule has 112 valence electrons. The topological polar surface area (TPSA) is 12.0 Å². The van der Waals surface area contributed by atoms with Gasteiger partial charge in [-0.15, -0.1) is 0 Å². The minimum atomic E-state index is -4.26. The molecule has 1 saturated carbocycles. The van der Waals surface area contributed by atoms with E-state index in [4.69, 9.17) is 0 Å². The van der Waals surface area contributed by atoms with E-state index in [2.05, 4.69) is 5.32 Å². The van der Waals surface area contributed by atoms with Gasteiger partial charge in [-0.25, -0.2) is 0 Å². The van der Waals surface area contributed by atoms with Gasteiger partial charge in [0.15, 0.2) is 0 Å². The quantitative estimate of drug-likeness (QED) is 0.826. The fraction of sp³-hybridized carbons (Fsp3) is 0.625. The van der Waals surface area contributed by atoms with Crippen LogP contribution in [0.15, 0.2) is 24.3 Å². The Kier molecular flexibility index (Phi) is 5.08. The standard InChI is InChI=1S/C16H22F3N/c1-2-20-15(12-7-4-3-5-8-12)13-9-6-10-14(11-13)16(17,18)19/h6,9-12,15,20H,2-5,7-8H2,1H3. The van der Waals surface area contributed by atoms with Crippen molar-refractivity contribution >= 4 is 0 Å². The Hall–Kier alpha value is -1.03. The molecule has 20 heavy (non-hydrogen) atoms. The maximum absolute atomic E-state index is 12.8. The first kappa shape index (κ1) is 15.4. The summed E-state index contributed by atoms with van der Waals surface area (Å²) in [5.74, 6) is 0.451. The van der Waals surface area contributed by atoms with Crippen molar-refractivity contribution in [3.05, 3.63) is 35.4 Å². The summed E-state index contributed by atoms with van der Waals surface area (Å²) in [4.78, 5) is 0. The molecule has 1 atom stereocenters. The molecule has 1 aliphatic carbocycles. The molecule has 0 amide bonds. The van der Waals surface area contributed by atoms with Crippen LogP contribution in [0.25, 0.3) is 0 Å². The molecule has 0 bridgehead atoms. The molecular formula is C16H22F3N. The third-order valence-electron chi connectivity index (χ3n) is 4.12. The van der Waals surface area contributed by atoms with Crippen LogP contribution in [0.1, 0.15) is 56.2 Å². The average molecular weight is 285 g/mol. The van der Waals surface area contributed by atoms with Crippen molar-refractivity contribution in [3.8, 4) is 0 Å². The van der Waals surface area contributed by atoms with E-state index in [9.17, 15) is 13.2 Å². The molecule has 0 radical (unpaired) electrons. The summed E-state index contributed by atoms with van der Waals surface area (Å²) in [6, 6.07) is 5.83. The van der Waals surface area contributed by atoms with E-state index in [-0.39, 0.29) is 6.04 Å². The summed E-state index contributed by atoms with van der Waals surface area (Å²) in [5, 5.41) is 3.38. The predicted molar refractivity (Wildman–Crippen MR) is 74.4 cm³/mol. The van der Waals surface area contributed by atoms with Gasteiger partial charge in [0.25, 0.3) is 0 Å². The number of hydrogen-bond acceptors (Lipinski definition) is 1. The maximum atomic E-state index is 12.8. The summed E-state index contributed by atoms with van der Waals surface area (Å²) in [6.45, 7) is 2.78. The lowest BCUT2D eigenvalue weighted by Crippen LogP contribution is -2.29. The van der Waals surface area contributed by atoms with Gasteiger partial charge in [0, 0.05) is 6.04 Å². The minimum absolute atomic E-state index is 0.0441. The van der Waals surface area contributed by atoms with E-state index in [1.165, 1.54) is 31.4 Å². The third-order valence-corrected chi connectivity index (χ3v) is 4.12. The number of alkyl halides is 3. The second-order valence-corrected chi connectivity index (χ2v) is 5.56. The van der Waals surface area contributed by atoms with Crippen LogP contribution in [-0.4, -0.2) is 6.54 Å². The van der Waals surface area contributed by atoms with E-state index in [0.717, 1.165) is 31.0 Å². The summed E-state index contributed by atoms with van der Waals surface area (Å²) < 4.78 is 38.5. The average Bonchev–Trinajstić information content (AvgIpc) is 2.45. The summed E-state index contributed by atoms with van der Waals surface area (Å²) in [6.07, 6.45) is 1.57. The molecule has 4 heteroatoms. The number of nitrogens with one attached hydrogen (secondary N) is 1. The molecule has 1 unspecified atom stereocenters. The smallest absolute Gasteiger partial charge is 0.310 e. The molecule has 0 heterocycles. The lowest BCUT2D eigenvalue weighted by atomic mass is 9.81. The lowest BCUT2D eigenvalue weighted by molar-refractivity contribution is -0.137. The molecular weight excluding hydrogens is 263 g/mol. The first-order valence-electron chi connectivity index (χ1n) is 7.43. The van der Waals surface area contributed by atoms with E-state index in [0.29, 0.717) is 5.92 Å². The maximum Gasteiger partial charge on any atom is 0.416 e. The Morgan fingerprint density at radius 3 is 2.50 bits per heavy atom. The monoisotopic (exact) mass is 285 g/mol. The molecule has 0 aromatic heterocycles. The van der Waals surface area contributed by atoms with Crippen LogP contribution < -0.4 is 5.32 Å². The second kappa shape index (κ2) is 6.61. The molecule has 2 rings (SSSR count). The van der Waals surface area contributed by atoms with Gasteiger partial charge in [0.2, 0.25) is 0 Å². The molecule has 0 saturated heterocycles. The van der Waals surface area contributed by atoms with Crippen LogP contribution in [-0.2, 0) is 6.18 Å². The Labute approximate surface area is 118 Å². The van der Waals surface area contributed by atoms with E-state index in [1.54, 1.807) is 0 Å². The first-order valence-corrected chi connectivity index (χ1v) is 7.43. The first-order chi connectivity index (χ1) is 9.52. The second-order valence-electron chi connectivity index (χ2n) is 5.56. The Bertz CT molecular complexity index is 422. The number of halogens is 3. The van der Waals surface area contributed by atoms with Gasteiger partial charge in [-0.05, 0) is 43.0 Å². The van der Waals surface area contributed by atoms with Crippen LogP contribution in [0, 0.1) is 5.92 Å². The zero-order valence-corrected chi connectivity index (χ0v) is 11.8. The fourth-order valence-electron chi connectivity index (χ4n) is 3.15. The van der Waals surface area contributed by atoms with Crippen molar-refractivity contribution in [2.45, 2.75) is 51.2 Å². The van der Waals surface area contributed by atoms with E-state index in [1.807, 2.05) is 13.0 Å². The highest BCUT2D eigenvalue weighted by Crippen LogP contribution is 2.36. The Morgan fingerprint density at radius 1 is 1.20 bits per heavy atom. The number of rotatable bonds is 4. The minimum Gasteiger partial charge on any atom is -0.310 e. The zero-order valence-electron chi connectivity index (χ0n) is 11.8. The van der Waals surface area contributed by atoms with Gasteiger partial charge in [-0.3, -0.25) is 0 Å². The SMILES string of the molecule is CCNC(c1cccc(C(F)(F)F)c1)C1CCCCC1. The molecule has 1 N–H and O–H groups in total. The molecule has 1 aromatic rings. The summed E-state index contributed by atoms with van der Waals surface area (Å²) in [5.41, 5.74) is 0.224. The highest BCUT2D eigenvalue weighted by Gasteiger charge is 2.32. The van der Waals surface area contributed by atoms with Crippen LogP contribution >= 0.6 is 0 Å². The molecule has 0 spiro atoms. The number of benzene rings is 1. The predicted octanol–water partition coefficient (Wildman–Crippen LogP) is 4.94. The summed E-state index contributed by atoms with van der Waals surface area (Å²) in [7, 11) is 0. The van der Waals surface area contributed by atoms with Gasteiger partial charge in [-0.2, -0.15) is 13.2 Å². The molecule has 0 aliphatic heterocycles. The Balaban J connectivity index is 2.24. The van der Waals surface area contributed by atoms with Gasteiger partial charge in [0.1, 0.15) is 0 Å².